The summed E-state index contributed by atoms with van der Waals surface area (Å²) in [4.78, 5) is 15.1. The van der Waals surface area contributed by atoms with E-state index in [-0.39, 0.29) is 18.0 Å². The third kappa shape index (κ3) is 3.01. The lowest BCUT2D eigenvalue weighted by Crippen LogP contribution is -2.42. The number of benzene rings is 1. The normalized spacial score (nSPS) is 18.9. The second-order valence-corrected chi connectivity index (χ2v) is 6.83. The Balaban J connectivity index is 1.74. The van der Waals surface area contributed by atoms with Crippen molar-refractivity contribution in [3.05, 3.63) is 57.3 Å². The van der Waals surface area contributed by atoms with Crippen LogP contribution in [0.4, 0.5) is 0 Å². The van der Waals surface area contributed by atoms with Gasteiger partial charge < -0.3 is 10.6 Å². The molecule has 0 fully saturated rings. The van der Waals surface area contributed by atoms with Crippen molar-refractivity contribution in [2.75, 3.05) is 6.54 Å². The van der Waals surface area contributed by atoms with Gasteiger partial charge in [0.05, 0.1) is 6.04 Å². The number of rotatable bonds is 3. The highest BCUT2D eigenvalue weighted by Gasteiger charge is 2.26. The predicted molar refractivity (Wildman–Crippen MR) is 86.5 cm³/mol. The van der Waals surface area contributed by atoms with Gasteiger partial charge in [0.25, 0.3) is 0 Å². The molecule has 3 nitrogen and oxygen atoms in total. The molecule has 2 unspecified atom stereocenters. The molecule has 2 aromatic rings. The van der Waals surface area contributed by atoms with Crippen molar-refractivity contribution in [1.82, 2.24) is 10.6 Å². The topological polar surface area (TPSA) is 41.1 Å². The van der Waals surface area contributed by atoms with Crippen molar-refractivity contribution in [2.45, 2.75) is 32.4 Å². The molecule has 0 bridgehead atoms. The second-order valence-electron chi connectivity index (χ2n) is 5.51. The highest BCUT2D eigenvalue weighted by atomic mass is 32.1. The Kier molecular flexibility index (Phi) is 4.08. The van der Waals surface area contributed by atoms with E-state index >= 15 is 0 Å². The van der Waals surface area contributed by atoms with E-state index in [0.29, 0.717) is 0 Å². The van der Waals surface area contributed by atoms with Crippen molar-refractivity contribution in [3.8, 4) is 0 Å². The zero-order valence-corrected chi connectivity index (χ0v) is 13.2. The van der Waals surface area contributed by atoms with Crippen LogP contribution >= 0.6 is 11.3 Å². The summed E-state index contributed by atoms with van der Waals surface area (Å²) in [6.45, 7) is 4.97. The summed E-state index contributed by atoms with van der Waals surface area (Å²) in [6.07, 6.45) is 0.986. The fourth-order valence-electron chi connectivity index (χ4n) is 2.79. The smallest absolute Gasteiger partial charge is 0.242 e. The number of hydrogen-bond acceptors (Lipinski definition) is 3. The van der Waals surface area contributed by atoms with Crippen LogP contribution in [-0.2, 0) is 11.2 Å². The number of nitrogens with one attached hydrogen (secondary N) is 2. The lowest BCUT2D eigenvalue weighted by molar-refractivity contribution is -0.124. The van der Waals surface area contributed by atoms with E-state index < -0.39 is 0 Å². The summed E-state index contributed by atoms with van der Waals surface area (Å²) in [5.41, 5.74) is 2.38. The van der Waals surface area contributed by atoms with Gasteiger partial charge in [0.2, 0.25) is 5.91 Å². The van der Waals surface area contributed by atoms with Gasteiger partial charge in [0.15, 0.2) is 0 Å². The molecule has 0 saturated carbocycles. The van der Waals surface area contributed by atoms with E-state index in [9.17, 15) is 4.79 Å². The zero-order valence-electron chi connectivity index (χ0n) is 12.3. The van der Waals surface area contributed by atoms with Gasteiger partial charge in [-0.2, -0.15) is 0 Å². The molecule has 0 aliphatic carbocycles. The summed E-state index contributed by atoms with van der Waals surface area (Å²) in [5, 5.41) is 6.46. The average Bonchev–Trinajstić information content (AvgIpc) is 2.93. The largest absolute Gasteiger partial charge is 0.347 e. The minimum atomic E-state index is -0.238. The molecule has 1 aliphatic heterocycles. The highest BCUT2D eigenvalue weighted by molar-refractivity contribution is 7.12. The van der Waals surface area contributed by atoms with E-state index in [1.807, 2.05) is 25.1 Å². The molecule has 2 atom stereocenters. The molecule has 4 heteroatoms. The molecule has 2 heterocycles. The number of fused-ring (bicyclic) bond motifs is 1. The second kappa shape index (κ2) is 6.00. The third-order valence-corrected chi connectivity index (χ3v) is 5.10. The van der Waals surface area contributed by atoms with Crippen LogP contribution in [0.2, 0.25) is 0 Å². The Morgan fingerprint density at radius 1 is 1.33 bits per heavy atom. The van der Waals surface area contributed by atoms with Gasteiger partial charge in [-0.05, 0) is 43.5 Å². The molecular formula is C17H20N2OS. The van der Waals surface area contributed by atoms with Crippen LogP contribution in [0.1, 0.15) is 39.9 Å². The molecular weight excluding hydrogens is 280 g/mol. The summed E-state index contributed by atoms with van der Waals surface area (Å²) in [5.74, 6) is 0.0562. The maximum Gasteiger partial charge on any atom is 0.242 e. The fraction of sp³-hybridized carbons (Fsp3) is 0.353. The molecule has 1 aromatic carbocycles. The Bertz CT molecular complexity index is 650. The van der Waals surface area contributed by atoms with E-state index in [4.69, 9.17) is 0 Å². The quantitative estimate of drug-likeness (QED) is 0.914. The first-order valence-corrected chi connectivity index (χ1v) is 8.14. The van der Waals surface area contributed by atoms with Gasteiger partial charge in [-0.25, -0.2) is 0 Å². The van der Waals surface area contributed by atoms with Gasteiger partial charge in [0.1, 0.15) is 6.04 Å². The molecule has 110 valence electrons. The van der Waals surface area contributed by atoms with Crippen LogP contribution in [0.5, 0.6) is 0 Å². The Morgan fingerprint density at radius 2 is 2.14 bits per heavy atom. The van der Waals surface area contributed by atoms with Gasteiger partial charge in [-0.15, -0.1) is 11.3 Å². The fourth-order valence-corrected chi connectivity index (χ4v) is 3.67. The number of carbonyl (C=O) groups excluding carboxylic acids is 1. The van der Waals surface area contributed by atoms with Crippen LogP contribution in [0.3, 0.4) is 0 Å². The highest BCUT2D eigenvalue weighted by Crippen LogP contribution is 2.26. The molecule has 3 rings (SSSR count). The molecule has 21 heavy (non-hydrogen) atoms. The first-order chi connectivity index (χ1) is 10.1. The standard InChI is InChI=1S/C17H20N2OS/c1-11-7-8-15(21-11)12(2)19-17(20)16-14-6-4-3-5-13(14)9-10-18-16/h3-8,12,16,18H,9-10H2,1-2H3,(H,19,20). The number of thiophene rings is 1. The van der Waals surface area contributed by atoms with Crippen molar-refractivity contribution >= 4 is 17.2 Å². The van der Waals surface area contributed by atoms with E-state index in [0.717, 1.165) is 18.5 Å². The molecule has 0 spiro atoms. The number of hydrogen-bond donors (Lipinski definition) is 2. The maximum atomic E-state index is 12.6. The molecule has 1 aliphatic rings. The van der Waals surface area contributed by atoms with Crippen molar-refractivity contribution < 1.29 is 4.79 Å². The average molecular weight is 300 g/mol. The van der Waals surface area contributed by atoms with Crippen LogP contribution < -0.4 is 10.6 Å². The molecule has 1 aromatic heterocycles. The van der Waals surface area contributed by atoms with Crippen molar-refractivity contribution in [3.63, 3.8) is 0 Å². The van der Waals surface area contributed by atoms with Crippen LogP contribution in [0, 0.1) is 6.92 Å². The Morgan fingerprint density at radius 3 is 2.90 bits per heavy atom. The molecule has 0 radical (unpaired) electrons. The minimum Gasteiger partial charge on any atom is -0.347 e. The lowest BCUT2D eigenvalue weighted by Gasteiger charge is -2.27. The third-order valence-electron chi connectivity index (χ3n) is 3.92. The molecule has 0 saturated heterocycles. The SMILES string of the molecule is Cc1ccc(C(C)NC(=O)C2NCCc3ccccc32)s1. The van der Waals surface area contributed by atoms with Gasteiger partial charge in [0, 0.05) is 16.3 Å². The number of carbonyl (C=O) groups is 1. The van der Waals surface area contributed by atoms with Gasteiger partial charge in [-0.1, -0.05) is 24.3 Å². The van der Waals surface area contributed by atoms with Gasteiger partial charge in [-0.3, -0.25) is 4.79 Å². The minimum absolute atomic E-state index is 0.0482. The van der Waals surface area contributed by atoms with Gasteiger partial charge >= 0.3 is 0 Å². The van der Waals surface area contributed by atoms with E-state index in [1.165, 1.54) is 15.3 Å². The van der Waals surface area contributed by atoms with Crippen molar-refractivity contribution in [2.24, 2.45) is 0 Å². The first-order valence-electron chi connectivity index (χ1n) is 7.33. The van der Waals surface area contributed by atoms with E-state index in [2.05, 4.69) is 35.8 Å². The summed E-state index contributed by atoms with van der Waals surface area (Å²) in [6, 6.07) is 12.2. The van der Waals surface area contributed by atoms with Crippen LogP contribution in [0.15, 0.2) is 36.4 Å². The summed E-state index contributed by atoms with van der Waals surface area (Å²) < 4.78 is 0. The predicted octanol–water partition coefficient (Wildman–Crippen LogP) is 3.12. The number of aryl methyl sites for hydroxylation is 1. The lowest BCUT2D eigenvalue weighted by atomic mass is 9.94. The first kappa shape index (κ1) is 14.3. The monoisotopic (exact) mass is 300 g/mol. The summed E-state index contributed by atoms with van der Waals surface area (Å²) in [7, 11) is 0. The molecule has 1 amide bonds. The maximum absolute atomic E-state index is 12.6. The Hall–Kier alpha value is -1.65. The van der Waals surface area contributed by atoms with E-state index in [1.54, 1.807) is 11.3 Å². The molecule has 2 N–H and O–H groups in total. The number of amides is 1. The van der Waals surface area contributed by atoms with Crippen LogP contribution in [0.25, 0.3) is 0 Å². The Labute approximate surface area is 129 Å². The van der Waals surface area contributed by atoms with Crippen molar-refractivity contribution in [1.29, 1.82) is 0 Å². The zero-order chi connectivity index (χ0) is 14.8. The van der Waals surface area contributed by atoms with Crippen LogP contribution in [-0.4, -0.2) is 12.5 Å². The summed E-state index contributed by atoms with van der Waals surface area (Å²) >= 11 is 1.73.